The smallest absolute Gasteiger partial charge is 0.414 e. The number of amides is 2. The van der Waals surface area contributed by atoms with Crippen LogP contribution in [0.5, 0.6) is 0 Å². The number of hydrogen-bond donors (Lipinski definition) is 3. The Labute approximate surface area is 162 Å². The molecule has 1 heterocycles. The summed E-state index contributed by atoms with van der Waals surface area (Å²) in [5, 5.41) is 10.8. The van der Waals surface area contributed by atoms with Gasteiger partial charge in [-0.25, -0.2) is 18.4 Å². The van der Waals surface area contributed by atoms with Crippen molar-refractivity contribution in [1.29, 1.82) is 0 Å². The number of nitrogens with one attached hydrogen (secondary N) is 2. The Bertz CT molecular complexity index is 991. The van der Waals surface area contributed by atoms with E-state index >= 15 is 0 Å². The standard InChI is InChI=1S/C18H20N4O5S/c1-12(17(23)21-13-5-7-16(8-6-13)28(19,25)26)20-14-3-2-4-15(11-14)22-9-10-27-18(22)24/h2-8,11-12,20H,9-10H2,1H3,(H,21,23)(H2,19,25,26). The van der Waals surface area contributed by atoms with Gasteiger partial charge in [0.25, 0.3) is 0 Å². The summed E-state index contributed by atoms with van der Waals surface area (Å²) in [5.74, 6) is -0.311. The molecule has 0 bridgehead atoms. The topological polar surface area (TPSA) is 131 Å². The summed E-state index contributed by atoms with van der Waals surface area (Å²) in [6, 6.07) is 12.1. The van der Waals surface area contributed by atoms with E-state index in [0.29, 0.717) is 30.2 Å². The van der Waals surface area contributed by atoms with E-state index in [1.54, 1.807) is 31.2 Å². The zero-order chi connectivity index (χ0) is 20.3. The van der Waals surface area contributed by atoms with E-state index in [9.17, 15) is 18.0 Å². The van der Waals surface area contributed by atoms with Gasteiger partial charge < -0.3 is 15.4 Å². The molecular weight excluding hydrogens is 384 g/mol. The van der Waals surface area contributed by atoms with Gasteiger partial charge in [-0.3, -0.25) is 9.69 Å². The molecule has 1 aliphatic heterocycles. The zero-order valence-electron chi connectivity index (χ0n) is 15.1. The van der Waals surface area contributed by atoms with E-state index in [0.717, 1.165) is 0 Å². The maximum Gasteiger partial charge on any atom is 0.414 e. The van der Waals surface area contributed by atoms with Gasteiger partial charge >= 0.3 is 6.09 Å². The summed E-state index contributed by atoms with van der Waals surface area (Å²) >= 11 is 0. The van der Waals surface area contributed by atoms with Crippen LogP contribution in [0.1, 0.15) is 6.92 Å². The van der Waals surface area contributed by atoms with E-state index in [-0.39, 0.29) is 10.8 Å². The van der Waals surface area contributed by atoms with Crippen molar-refractivity contribution in [3.8, 4) is 0 Å². The van der Waals surface area contributed by atoms with Gasteiger partial charge in [0.1, 0.15) is 12.6 Å². The molecule has 2 aromatic carbocycles. The van der Waals surface area contributed by atoms with E-state index in [1.807, 2.05) is 0 Å². The summed E-state index contributed by atoms with van der Waals surface area (Å²) in [7, 11) is -3.78. The number of nitrogens with two attached hydrogens (primary N) is 1. The Morgan fingerprint density at radius 3 is 2.50 bits per heavy atom. The molecule has 0 saturated carbocycles. The highest BCUT2D eigenvalue weighted by atomic mass is 32.2. The Kier molecular flexibility index (Phi) is 5.52. The van der Waals surface area contributed by atoms with E-state index < -0.39 is 22.2 Å². The molecule has 9 nitrogen and oxygen atoms in total. The highest BCUT2D eigenvalue weighted by Gasteiger charge is 2.24. The number of carbonyl (C=O) groups is 2. The number of cyclic esters (lactones) is 1. The first-order valence-corrected chi connectivity index (χ1v) is 10.0. The minimum Gasteiger partial charge on any atom is -0.447 e. The second kappa shape index (κ2) is 7.87. The number of nitrogens with zero attached hydrogens (tertiary/aromatic N) is 1. The Balaban J connectivity index is 1.63. The lowest BCUT2D eigenvalue weighted by molar-refractivity contribution is -0.116. The predicted molar refractivity (Wildman–Crippen MR) is 105 cm³/mol. The molecule has 1 unspecified atom stereocenters. The van der Waals surface area contributed by atoms with Crippen molar-refractivity contribution in [3.63, 3.8) is 0 Å². The lowest BCUT2D eigenvalue weighted by atomic mass is 10.2. The molecule has 1 fully saturated rings. The first-order valence-electron chi connectivity index (χ1n) is 8.49. The first-order chi connectivity index (χ1) is 13.2. The molecule has 10 heteroatoms. The summed E-state index contributed by atoms with van der Waals surface area (Å²) in [4.78, 5) is 25.6. The van der Waals surface area contributed by atoms with E-state index in [2.05, 4.69) is 10.6 Å². The van der Waals surface area contributed by atoms with E-state index in [1.165, 1.54) is 29.2 Å². The van der Waals surface area contributed by atoms with Crippen LogP contribution in [0, 0.1) is 0 Å². The molecule has 4 N–H and O–H groups in total. The summed E-state index contributed by atoms with van der Waals surface area (Å²) in [5.41, 5.74) is 1.79. The fourth-order valence-electron chi connectivity index (χ4n) is 2.69. The SMILES string of the molecule is CC(Nc1cccc(N2CCOC2=O)c1)C(=O)Nc1ccc(S(N)(=O)=O)cc1. The van der Waals surface area contributed by atoms with Crippen LogP contribution < -0.4 is 20.7 Å². The number of sulfonamides is 1. The van der Waals surface area contributed by atoms with Crippen LogP contribution >= 0.6 is 0 Å². The molecule has 0 aliphatic carbocycles. The summed E-state index contributed by atoms with van der Waals surface area (Å²) in [6.07, 6.45) is -0.397. The molecule has 148 valence electrons. The van der Waals surface area contributed by atoms with Crippen LogP contribution in [-0.4, -0.2) is 39.6 Å². The predicted octanol–water partition coefficient (Wildman–Crippen LogP) is 1.73. The number of primary sulfonamides is 1. The minimum atomic E-state index is -3.78. The van der Waals surface area contributed by atoms with Crippen molar-refractivity contribution in [2.24, 2.45) is 5.14 Å². The number of ether oxygens (including phenoxy) is 1. The number of anilines is 3. The summed E-state index contributed by atoms with van der Waals surface area (Å²) in [6.45, 7) is 2.51. The quantitative estimate of drug-likeness (QED) is 0.672. The molecule has 0 spiro atoms. The molecule has 2 aromatic rings. The highest BCUT2D eigenvalue weighted by Crippen LogP contribution is 2.23. The Morgan fingerprint density at radius 1 is 1.18 bits per heavy atom. The van der Waals surface area contributed by atoms with Crippen LogP contribution in [0.25, 0.3) is 0 Å². The zero-order valence-corrected chi connectivity index (χ0v) is 15.9. The van der Waals surface area contributed by atoms with Gasteiger partial charge in [-0.2, -0.15) is 0 Å². The van der Waals surface area contributed by atoms with Crippen LogP contribution in [-0.2, 0) is 19.6 Å². The monoisotopic (exact) mass is 404 g/mol. The molecule has 1 atom stereocenters. The molecule has 1 saturated heterocycles. The molecule has 28 heavy (non-hydrogen) atoms. The first kappa shape index (κ1) is 19.6. The van der Waals surface area contributed by atoms with Crippen molar-refractivity contribution in [3.05, 3.63) is 48.5 Å². The van der Waals surface area contributed by atoms with Crippen molar-refractivity contribution in [1.82, 2.24) is 0 Å². The molecule has 0 aromatic heterocycles. The number of hydrogen-bond acceptors (Lipinski definition) is 6. The third kappa shape index (κ3) is 4.59. The second-order valence-electron chi connectivity index (χ2n) is 6.24. The second-order valence-corrected chi connectivity index (χ2v) is 7.80. The average Bonchev–Trinajstić information content (AvgIpc) is 3.07. The number of rotatable bonds is 6. The third-order valence-corrected chi connectivity index (χ3v) is 5.07. The molecule has 2 amide bonds. The van der Waals surface area contributed by atoms with Gasteiger partial charge in [-0.15, -0.1) is 0 Å². The van der Waals surface area contributed by atoms with Gasteiger partial charge in [0.05, 0.1) is 11.4 Å². The fraction of sp³-hybridized carbons (Fsp3) is 0.222. The Hall–Kier alpha value is -3.11. The van der Waals surface area contributed by atoms with Crippen molar-refractivity contribution in [2.75, 3.05) is 28.7 Å². The average molecular weight is 404 g/mol. The molecule has 0 radical (unpaired) electrons. The van der Waals surface area contributed by atoms with Crippen molar-refractivity contribution < 1.29 is 22.7 Å². The molecule has 3 rings (SSSR count). The largest absolute Gasteiger partial charge is 0.447 e. The lowest BCUT2D eigenvalue weighted by Gasteiger charge is -2.18. The number of benzene rings is 2. The van der Waals surface area contributed by atoms with E-state index in [4.69, 9.17) is 9.88 Å². The summed E-state index contributed by atoms with van der Waals surface area (Å²) < 4.78 is 27.5. The maximum absolute atomic E-state index is 12.4. The fourth-order valence-corrected chi connectivity index (χ4v) is 3.20. The minimum absolute atomic E-state index is 0.0334. The lowest BCUT2D eigenvalue weighted by Crippen LogP contribution is -2.32. The van der Waals surface area contributed by atoms with Crippen LogP contribution in [0.15, 0.2) is 53.4 Å². The van der Waals surface area contributed by atoms with Gasteiger partial charge in [-0.1, -0.05) is 6.07 Å². The van der Waals surface area contributed by atoms with Crippen molar-refractivity contribution in [2.45, 2.75) is 17.9 Å². The highest BCUT2D eigenvalue weighted by molar-refractivity contribution is 7.89. The Morgan fingerprint density at radius 2 is 1.89 bits per heavy atom. The van der Waals surface area contributed by atoms with Crippen LogP contribution in [0.4, 0.5) is 21.9 Å². The van der Waals surface area contributed by atoms with Crippen LogP contribution in [0.3, 0.4) is 0 Å². The molecular formula is C18H20N4O5S. The van der Waals surface area contributed by atoms with Gasteiger partial charge in [0, 0.05) is 17.1 Å². The van der Waals surface area contributed by atoms with Crippen molar-refractivity contribution >= 4 is 39.1 Å². The maximum atomic E-state index is 12.4. The van der Waals surface area contributed by atoms with Gasteiger partial charge in [0.15, 0.2) is 0 Å². The van der Waals surface area contributed by atoms with Crippen LogP contribution in [0.2, 0.25) is 0 Å². The van der Waals surface area contributed by atoms with Gasteiger partial charge in [0.2, 0.25) is 15.9 Å². The number of carbonyl (C=O) groups excluding carboxylic acids is 2. The third-order valence-electron chi connectivity index (χ3n) is 4.15. The normalized spacial score (nSPS) is 15.1. The molecule has 1 aliphatic rings. The van der Waals surface area contributed by atoms with Gasteiger partial charge in [-0.05, 0) is 49.4 Å².